The molecule has 0 unspecified atom stereocenters. The van der Waals surface area contributed by atoms with Gasteiger partial charge in [0.1, 0.15) is 4.88 Å². The van der Waals surface area contributed by atoms with Crippen LogP contribution in [0, 0.1) is 0 Å². The van der Waals surface area contributed by atoms with Gasteiger partial charge in [-0.3, -0.25) is 4.79 Å². The molecule has 1 aliphatic heterocycles. The van der Waals surface area contributed by atoms with Crippen molar-refractivity contribution in [2.24, 2.45) is 0 Å². The average Bonchev–Trinajstić information content (AvgIpc) is 3.06. The number of morpholine rings is 1. The molecule has 2 aromatic carbocycles. The summed E-state index contributed by atoms with van der Waals surface area (Å²) in [5, 5.41) is 3.98. The summed E-state index contributed by atoms with van der Waals surface area (Å²) >= 11 is 7.66. The molecule has 1 N–H and O–H groups in total. The topological polar surface area (TPSA) is 75.7 Å². The third-order valence-corrected chi connectivity index (χ3v) is 8.01. The number of halogens is 1. The number of sulfonamides is 1. The lowest BCUT2D eigenvalue weighted by atomic mass is 10.2. The number of rotatable bonds is 4. The van der Waals surface area contributed by atoms with Crippen LogP contribution in [0.15, 0.2) is 53.4 Å². The van der Waals surface area contributed by atoms with Gasteiger partial charge < -0.3 is 10.1 Å². The van der Waals surface area contributed by atoms with Gasteiger partial charge in [-0.05, 0) is 24.3 Å². The van der Waals surface area contributed by atoms with Crippen LogP contribution >= 0.6 is 22.9 Å². The minimum absolute atomic E-state index is 0.134. The Kier molecular flexibility index (Phi) is 5.39. The number of amides is 1. The van der Waals surface area contributed by atoms with Crippen LogP contribution in [0.5, 0.6) is 0 Å². The summed E-state index contributed by atoms with van der Waals surface area (Å²) in [4.78, 5) is 13.2. The number of nitrogens with one attached hydrogen (secondary N) is 1. The molecule has 1 saturated heterocycles. The van der Waals surface area contributed by atoms with Crippen LogP contribution in [0.25, 0.3) is 10.1 Å². The highest BCUT2D eigenvalue weighted by Gasteiger charge is 2.26. The smallest absolute Gasteiger partial charge is 0.267 e. The molecule has 1 amide bonds. The van der Waals surface area contributed by atoms with Crippen LogP contribution in [0.2, 0.25) is 5.02 Å². The maximum atomic E-state index is 12.8. The number of thiophene rings is 1. The number of ether oxygens (including phenoxy) is 1. The van der Waals surface area contributed by atoms with E-state index in [2.05, 4.69) is 5.32 Å². The lowest BCUT2D eigenvalue weighted by Crippen LogP contribution is -2.40. The Labute approximate surface area is 171 Å². The fourth-order valence-electron chi connectivity index (χ4n) is 3.02. The molecule has 3 aromatic rings. The predicted octanol–water partition coefficient (Wildman–Crippen LogP) is 3.83. The van der Waals surface area contributed by atoms with Crippen molar-refractivity contribution in [1.29, 1.82) is 0 Å². The van der Waals surface area contributed by atoms with E-state index < -0.39 is 10.0 Å². The minimum Gasteiger partial charge on any atom is -0.379 e. The fourth-order valence-corrected chi connectivity index (χ4v) is 5.88. The number of carbonyl (C=O) groups excluding carboxylic acids is 1. The Morgan fingerprint density at radius 1 is 1.11 bits per heavy atom. The maximum absolute atomic E-state index is 12.8. The highest BCUT2D eigenvalue weighted by atomic mass is 35.5. The summed E-state index contributed by atoms with van der Waals surface area (Å²) < 4.78 is 33.1. The molecule has 0 atom stereocenters. The van der Waals surface area contributed by atoms with Gasteiger partial charge in [-0.25, -0.2) is 8.42 Å². The quantitative estimate of drug-likeness (QED) is 0.674. The zero-order chi connectivity index (χ0) is 19.7. The number of anilines is 1. The van der Waals surface area contributed by atoms with Crippen molar-refractivity contribution >= 4 is 54.6 Å². The first-order valence-corrected chi connectivity index (χ1v) is 11.3. The Hall–Kier alpha value is -1.97. The van der Waals surface area contributed by atoms with E-state index in [0.29, 0.717) is 41.9 Å². The molecule has 2 heterocycles. The molecule has 9 heteroatoms. The standard InChI is InChI=1S/C19H17ClN2O4S2/c20-17-15-6-1-2-7-16(15)27-18(17)19(23)21-13-4-3-5-14(12-13)28(24,25)22-8-10-26-11-9-22/h1-7,12H,8-11H2,(H,21,23). The number of fused-ring (bicyclic) bond motifs is 1. The van der Waals surface area contributed by atoms with E-state index in [1.807, 2.05) is 24.3 Å². The predicted molar refractivity (Wildman–Crippen MR) is 111 cm³/mol. The normalized spacial score (nSPS) is 15.6. The monoisotopic (exact) mass is 436 g/mol. The molecular formula is C19H17ClN2O4S2. The van der Waals surface area contributed by atoms with Gasteiger partial charge in [0, 0.05) is 28.9 Å². The van der Waals surface area contributed by atoms with Crippen molar-refractivity contribution in [3.05, 3.63) is 58.4 Å². The Bertz CT molecular complexity index is 1140. The van der Waals surface area contributed by atoms with Gasteiger partial charge in [0.2, 0.25) is 10.0 Å². The van der Waals surface area contributed by atoms with E-state index in [0.717, 1.165) is 10.1 Å². The first-order chi connectivity index (χ1) is 13.5. The summed E-state index contributed by atoms with van der Waals surface area (Å²) in [6, 6.07) is 13.8. The van der Waals surface area contributed by atoms with E-state index in [4.69, 9.17) is 16.3 Å². The van der Waals surface area contributed by atoms with Crippen LogP contribution in [0.1, 0.15) is 9.67 Å². The van der Waals surface area contributed by atoms with Crippen molar-refractivity contribution in [2.75, 3.05) is 31.6 Å². The molecule has 6 nitrogen and oxygen atoms in total. The molecule has 1 fully saturated rings. The summed E-state index contributed by atoms with van der Waals surface area (Å²) in [7, 11) is -3.64. The molecule has 1 aromatic heterocycles. The number of carbonyl (C=O) groups is 1. The fraction of sp³-hybridized carbons (Fsp3) is 0.211. The van der Waals surface area contributed by atoms with Gasteiger partial charge >= 0.3 is 0 Å². The molecule has 146 valence electrons. The average molecular weight is 437 g/mol. The molecular weight excluding hydrogens is 420 g/mol. The Morgan fingerprint density at radius 3 is 2.61 bits per heavy atom. The number of nitrogens with zero attached hydrogens (tertiary/aromatic N) is 1. The van der Waals surface area contributed by atoms with Crippen molar-refractivity contribution in [3.8, 4) is 0 Å². The van der Waals surface area contributed by atoms with Crippen LogP contribution < -0.4 is 5.32 Å². The molecule has 4 rings (SSSR count). The number of hydrogen-bond donors (Lipinski definition) is 1. The molecule has 28 heavy (non-hydrogen) atoms. The summed E-state index contributed by atoms with van der Waals surface area (Å²) in [5.74, 6) is -0.368. The highest BCUT2D eigenvalue weighted by Crippen LogP contribution is 2.35. The van der Waals surface area contributed by atoms with Crippen LogP contribution in [-0.2, 0) is 14.8 Å². The number of benzene rings is 2. The van der Waals surface area contributed by atoms with E-state index in [9.17, 15) is 13.2 Å². The largest absolute Gasteiger partial charge is 0.379 e. The molecule has 0 aliphatic carbocycles. The first kappa shape index (κ1) is 19.4. The van der Waals surface area contributed by atoms with E-state index in [-0.39, 0.29) is 10.8 Å². The van der Waals surface area contributed by atoms with Gasteiger partial charge in [0.25, 0.3) is 5.91 Å². The zero-order valence-electron chi connectivity index (χ0n) is 14.7. The van der Waals surface area contributed by atoms with Crippen molar-refractivity contribution in [1.82, 2.24) is 4.31 Å². The minimum atomic E-state index is -3.64. The van der Waals surface area contributed by atoms with Crippen molar-refractivity contribution < 1.29 is 17.9 Å². The Balaban J connectivity index is 1.59. The Morgan fingerprint density at radius 2 is 1.86 bits per heavy atom. The summed E-state index contributed by atoms with van der Waals surface area (Å²) in [6.07, 6.45) is 0. The van der Waals surface area contributed by atoms with Crippen LogP contribution in [0.3, 0.4) is 0 Å². The molecule has 0 bridgehead atoms. The molecule has 0 radical (unpaired) electrons. The molecule has 0 spiro atoms. The summed E-state index contributed by atoms with van der Waals surface area (Å²) in [6.45, 7) is 1.38. The second kappa shape index (κ2) is 7.81. The second-order valence-corrected chi connectivity index (χ2v) is 9.61. The van der Waals surface area contributed by atoms with Gasteiger partial charge in [0.05, 0.1) is 23.1 Å². The first-order valence-electron chi connectivity index (χ1n) is 8.63. The van der Waals surface area contributed by atoms with Gasteiger partial charge in [-0.2, -0.15) is 4.31 Å². The van der Waals surface area contributed by atoms with Gasteiger partial charge in [-0.1, -0.05) is 35.9 Å². The second-order valence-electron chi connectivity index (χ2n) is 6.24. The van der Waals surface area contributed by atoms with Gasteiger partial charge in [0.15, 0.2) is 0 Å². The third-order valence-electron chi connectivity index (χ3n) is 4.44. The van der Waals surface area contributed by atoms with E-state index in [1.165, 1.54) is 27.8 Å². The number of hydrogen-bond acceptors (Lipinski definition) is 5. The zero-order valence-corrected chi connectivity index (χ0v) is 17.1. The third kappa shape index (κ3) is 3.66. The van der Waals surface area contributed by atoms with Crippen molar-refractivity contribution in [3.63, 3.8) is 0 Å². The van der Waals surface area contributed by atoms with E-state index >= 15 is 0 Å². The molecule has 0 saturated carbocycles. The van der Waals surface area contributed by atoms with E-state index in [1.54, 1.807) is 12.1 Å². The van der Waals surface area contributed by atoms with Crippen LogP contribution in [-0.4, -0.2) is 44.9 Å². The summed E-state index contributed by atoms with van der Waals surface area (Å²) in [5.41, 5.74) is 0.396. The lowest BCUT2D eigenvalue weighted by molar-refractivity contribution is 0.0730. The van der Waals surface area contributed by atoms with Crippen LogP contribution in [0.4, 0.5) is 5.69 Å². The maximum Gasteiger partial charge on any atom is 0.267 e. The SMILES string of the molecule is O=C(Nc1cccc(S(=O)(=O)N2CCOCC2)c1)c1sc2ccccc2c1Cl. The lowest BCUT2D eigenvalue weighted by Gasteiger charge is -2.26. The van der Waals surface area contributed by atoms with Gasteiger partial charge in [-0.15, -0.1) is 11.3 Å². The molecule has 1 aliphatic rings. The van der Waals surface area contributed by atoms with Crippen molar-refractivity contribution in [2.45, 2.75) is 4.90 Å². The highest BCUT2D eigenvalue weighted by molar-refractivity contribution is 7.89.